The van der Waals surface area contributed by atoms with E-state index in [1.807, 2.05) is 0 Å². The Bertz CT molecular complexity index is 154. The van der Waals surface area contributed by atoms with Gasteiger partial charge in [0.2, 0.25) is 0 Å². The number of hydrogen-bond donors (Lipinski definition) is 1. The Hall–Kier alpha value is 0.310. The molecule has 1 aliphatic heterocycles. The number of nitrogens with zero attached hydrogens (tertiary/aromatic N) is 1. The zero-order chi connectivity index (χ0) is 10.6. The molecule has 0 aromatic heterocycles. The molecule has 1 rings (SSSR count). The molecule has 0 aliphatic carbocycles. The van der Waals surface area contributed by atoms with E-state index < -0.39 is 0 Å². The Morgan fingerprint density at radius 1 is 1.29 bits per heavy atom. The van der Waals surface area contributed by atoms with E-state index in [1.54, 1.807) is 0 Å². The Morgan fingerprint density at radius 2 is 1.86 bits per heavy atom. The van der Waals surface area contributed by atoms with Gasteiger partial charge in [-0.05, 0) is 43.0 Å². The van der Waals surface area contributed by atoms with Crippen LogP contribution in [0.5, 0.6) is 0 Å². The van der Waals surface area contributed by atoms with Gasteiger partial charge in [0.25, 0.3) is 0 Å². The average molecular weight is 215 g/mol. The van der Waals surface area contributed by atoms with Gasteiger partial charge in [-0.1, -0.05) is 27.2 Å². The molecule has 0 saturated carbocycles. The minimum Gasteiger partial charge on any atom is -0.303 e. The fraction of sp³-hybridized carbons (Fsp3) is 1.00. The highest BCUT2D eigenvalue weighted by Gasteiger charge is 2.25. The summed E-state index contributed by atoms with van der Waals surface area (Å²) in [5, 5.41) is 0. The molecule has 1 unspecified atom stereocenters. The van der Waals surface area contributed by atoms with Gasteiger partial charge in [0.1, 0.15) is 0 Å². The number of thiol groups is 1. The van der Waals surface area contributed by atoms with E-state index in [-0.39, 0.29) is 0 Å². The molecule has 0 bridgehead atoms. The van der Waals surface area contributed by atoms with Gasteiger partial charge in [-0.15, -0.1) is 0 Å². The van der Waals surface area contributed by atoms with Gasteiger partial charge in [0.05, 0.1) is 0 Å². The summed E-state index contributed by atoms with van der Waals surface area (Å²) in [7, 11) is 0. The SMILES string of the molecule is CCC(CS)CN1CCC(C)(C)CC1. The summed E-state index contributed by atoms with van der Waals surface area (Å²) in [6.07, 6.45) is 3.98. The molecule has 1 saturated heterocycles. The van der Waals surface area contributed by atoms with Crippen LogP contribution in [0.25, 0.3) is 0 Å². The van der Waals surface area contributed by atoms with Crippen LogP contribution in [0.15, 0.2) is 0 Å². The van der Waals surface area contributed by atoms with Gasteiger partial charge >= 0.3 is 0 Å². The van der Waals surface area contributed by atoms with E-state index in [0.717, 1.165) is 11.7 Å². The van der Waals surface area contributed by atoms with Crippen molar-refractivity contribution in [2.45, 2.75) is 40.0 Å². The molecule has 84 valence electrons. The topological polar surface area (TPSA) is 3.24 Å². The summed E-state index contributed by atoms with van der Waals surface area (Å²) in [6, 6.07) is 0. The van der Waals surface area contributed by atoms with E-state index in [9.17, 15) is 0 Å². The summed E-state index contributed by atoms with van der Waals surface area (Å²) in [5.74, 6) is 1.83. The van der Waals surface area contributed by atoms with Crippen LogP contribution < -0.4 is 0 Å². The van der Waals surface area contributed by atoms with Crippen molar-refractivity contribution in [1.29, 1.82) is 0 Å². The molecule has 1 nitrogen and oxygen atoms in total. The quantitative estimate of drug-likeness (QED) is 0.705. The van der Waals surface area contributed by atoms with E-state index in [1.165, 1.54) is 38.9 Å². The van der Waals surface area contributed by atoms with Crippen molar-refractivity contribution in [3.05, 3.63) is 0 Å². The minimum atomic E-state index is 0.583. The number of likely N-dealkylation sites (tertiary alicyclic amines) is 1. The first-order valence-corrected chi connectivity index (χ1v) is 6.54. The normalized spacial score (nSPS) is 24.9. The fourth-order valence-electron chi connectivity index (χ4n) is 2.02. The first-order valence-electron chi connectivity index (χ1n) is 5.90. The van der Waals surface area contributed by atoms with Crippen molar-refractivity contribution in [2.75, 3.05) is 25.4 Å². The highest BCUT2D eigenvalue weighted by Crippen LogP contribution is 2.30. The van der Waals surface area contributed by atoms with Crippen LogP contribution in [0, 0.1) is 11.3 Å². The zero-order valence-electron chi connectivity index (χ0n) is 9.92. The van der Waals surface area contributed by atoms with Crippen LogP contribution in [-0.4, -0.2) is 30.3 Å². The number of hydrogen-bond acceptors (Lipinski definition) is 2. The van der Waals surface area contributed by atoms with Gasteiger partial charge in [-0.25, -0.2) is 0 Å². The van der Waals surface area contributed by atoms with Crippen molar-refractivity contribution in [3.8, 4) is 0 Å². The zero-order valence-corrected chi connectivity index (χ0v) is 10.8. The van der Waals surface area contributed by atoms with Crippen molar-refractivity contribution in [2.24, 2.45) is 11.3 Å². The Labute approximate surface area is 94.7 Å². The number of rotatable bonds is 4. The maximum Gasteiger partial charge on any atom is 0.00174 e. The molecule has 1 heterocycles. The monoisotopic (exact) mass is 215 g/mol. The van der Waals surface area contributed by atoms with Crippen LogP contribution in [0.3, 0.4) is 0 Å². The predicted molar refractivity (Wildman–Crippen MR) is 67.1 cm³/mol. The molecule has 0 aromatic rings. The minimum absolute atomic E-state index is 0.583. The van der Waals surface area contributed by atoms with Crippen LogP contribution in [0.1, 0.15) is 40.0 Å². The second-order valence-corrected chi connectivity index (χ2v) is 5.79. The van der Waals surface area contributed by atoms with E-state index in [4.69, 9.17) is 0 Å². The molecule has 0 aromatic carbocycles. The number of piperidine rings is 1. The molecule has 0 radical (unpaired) electrons. The largest absolute Gasteiger partial charge is 0.303 e. The standard InChI is InChI=1S/C12H25NS/c1-4-11(10-14)9-13-7-5-12(2,3)6-8-13/h11,14H,4-10H2,1-3H3. The fourth-order valence-corrected chi connectivity index (χ4v) is 2.40. The van der Waals surface area contributed by atoms with E-state index in [0.29, 0.717) is 5.41 Å². The highest BCUT2D eigenvalue weighted by atomic mass is 32.1. The van der Waals surface area contributed by atoms with E-state index >= 15 is 0 Å². The third-order valence-electron chi connectivity index (χ3n) is 3.56. The van der Waals surface area contributed by atoms with Crippen LogP contribution in [-0.2, 0) is 0 Å². The summed E-state index contributed by atoms with van der Waals surface area (Å²) >= 11 is 4.40. The van der Waals surface area contributed by atoms with Crippen LogP contribution in [0.2, 0.25) is 0 Å². The van der Waals surface area contributed by atoms with Crippen LogP contribution in [0.4, 0.5) is 0 Å². The second-order valence-electron chi connectivity index (χ2n) is 5.42. The van der Waals surface area contributed by atoms with Crippen molar-refractivity contribution in [3.63, 3.8) is 0 Å². The lowest BCUT2D eigenvalue weighted by Gasteiger charge is -2.38. The lowest BCUT2D eigenvalue weighted by atomic mass is 9.82. The molecule has 2 heteroatoms. The summed E-state index contributed by atoms with van der Waals surface area (Å²) in [5.41, 5.74) is 0.583. The lowest BCUT2D eigenvalue weighted by Crippen LogP contribution is -2.40. The van der Waals surface area contributed by atoms with Crippen LogP contribution >= 0.6 is 12.6 Å². The predicted octanol–water partition coefficient (Wildman–Crippen LogP) is 3.06. The van der Waals surface area contributed by atoms with Crippen molar-refractivity contribution < 1.29 is 0 Å². The lowest BCUT2D eigenvalue weighted by molar-refractivity contribution is 0.119. The summed E-state index contributed by atoms with van der Waals surface area (Å²) < 4.78 is 0. The molecule has 1 aliphatic rings. The van der Waals surface area contributed by atoms with Gasteiger partial charge in [-0.2, -0.15) is 12.6 Å². The Morgan fingerprint density at radius 3 is 2.29 bits per heavy atom. The van der Waals surface area contributed by atoms with Gasteiger partial charge < -0.3 is 4.90 Å². The molecular weight excluding hydrogens is 190 g/mol. The summed E-state index contributed by atoms with van der Waals surface area (Å²) in [6.45, 7) is 10.9. The molecule has 1 fully saturated rings. The molecule has 14 heavy (non-hydrogen) atoms. The molecule has 0 N–H and O–H groups in total. The molecule has 0 spiro atoms. The second kappa shape index (κ2) is 5.41. The third kappa shape index (κ3) is 3.82. The highest BCUT2D eigenvalue weighted by molar-refractivity contribution is 7.80. The Kier molecular flexibility index (Phi) is 4.78. The van der Waals surface area contributed by atoms with Gasteiger partial charge in [0, 0.05) is 6.54 Å². The molecule has 1 atom stereocenters. The van der Waals surface area contributed by atoms with Gasteiger partial charge in [0.15, 0.2) is 0 Å². The molecule has 0 amide bonds. The van der Waals surface area contributed by atoms with Gasteiger partial charge in [-0.3, -0.25) is 0 Å². The first-order chi connectivity index (χ1) is 6.57. The Balaban J connectivity index is 2.28. The maximum atomic E-state index is 4.40. The van der Waals surface area contributed by atoms with E-state index in [2.05, 4.69) is 38.3 Å². The average Bonchev–Trinajstić information content (AvgIpc) is 2.16. The smallest absolute Gasteiger partial charge is 0.00174 e. The summed E-state index contributed by atoms with van der Waals surface area (Å²) in [4.78, 5) is 2.62. The third-order valence-corrected chi connectivity index (χ3v) is 4.08. The maximum absolute atomic E-state index is 4.40. The van der Waals surface area contributed by atoms with Crippen molar-refractivity contribution >= 4 is 12.6 Å². The first kappa shape index (κ1) is 12.4. The van der Waals surface area contributed by atoms with Crippen molar-refractivity contribution in [1.82, 2.24) is 4.90 Å². The molecular formula is C12H25NS.